The zero-order chi connectivity index (χ0) is 18.3. The van der Waals surface area contributed by atoms with E-state index >= 15 is 0 Å². The van der Waals surface area contributed by atoms with Crippen molar-refractivity contribution < 1.29 is 19.2 Å². The SMILES string of the molecule is COc1ccc(C[NH+](C)CC(=O)N[C@@](C)(C#N)C(C)C)cc1OC. The number of benzene rings is 1. The number of likely N-dealkylation sites (N-methyl/N-ethyl adjacent to an activating group) is 1. The molecule has 0 saturated heterocycles. The smallest absolute Gasteiger partial charge is 0.276 e. The monoisotopic (exact) mass is 334 g/mol. The molecule has 1 amide bonds. The van der Waals surface area contributed by atoms with Crippen molar-refractivity contribution in [1.82, 2.24) is 5.32 Å². The molecular weight excluding hydrogens is 306 g/mol. The van der Waals surface area contributed by atoms with E-state index < -0.39 is 5.54 Å². The third kappa shape index (κ3) is 5.14. The number of quaternary nitrogens is 1. The molecule has 6 heteroatoms. The minimum atomic E-state index is -0.847. The molecule has 132 valence electrons. The van der Waals surface area contributed by atoms with Crippen molar-refractivity contribution in [2.45, 2.75) is 32.9 Å². The van der Waals surface area contributed by atoms with Gasteiger partial charge in [-0.3, -0.25) is 4.79 Å². The molecule has 6 nitrogen and oxygen atoms in total. The van der Waals surface area contributed by atoms with Gasteiger partial charge in [0, 0.05) is 5.56 Å². The van der Waals surface area contributed by atoms with Gasteiger partial charge in [0.25, 0.3) is 5.91 Å². The number of carbonyl (C=O) groups excluding carboxylic acids is 1. The molecule has 0 aliphatic rings. The fraction of sp³-hybridized carbons (Fsp3) is 0.556. The van der Waals surface area contributed by atoms with Crippen LogP contribution in [0.25, 0.3) is 0 Å². The first-order chi connectivity index (χ1) is 11.3. The highest BCUT2D eigenvalue weighted by molar-refractivity contribution is 5.78. The summed E-state index contributed by atoms with van der Waals surface area (Å²) in [6, 6.07) is 7.91. The number of rotatable bonds is 8. The fourth-order valence-electron chi connectivity index (χ4n) is 2.31. The van der Waals surface area contributed by atoms with Gasteiger partial charge in [-0.2, -0.15) is 5.26 Å². The van der Waals surface area contributed by atoms with Crippen LogP contribution in [0.3, 0.4) is 0 Å². The van der Waals surface area contributed by atoms with E-state index in [4.69, 9.17) is 9.47 Å². The molecule has 1 aromatic rings. The number of carbonyl (C=O) groups is 1. The van der Waals surface area contributed by atoms with Crippen LogP contribution in [-0.2, 0) is 11.3 Å². The van der Waals surface area contributed by atoms with Gasteiger partial charge in [-0.15, -0.1) is 0 Å². The Morgan fingerprint density at radius 3 is 2.46 bits per heavy atom. The Kier molecular flexibility index (Phi) is 7.05. The Morgan fingerprint density at radius 2 is 1.96 bits per heavy atom. The first kappa shape index (κ1) is 19.8. The Bertz CT molecular complexity index is 610. The third-order valence-electron chi connectivity index (χ3n) is 4.20. The molecule has 0 heterocycles. The van der Waals surface area contributed by atoms with E-state index in [-0.39, 0.29) is 11.8 Å². The van der Waals surface area contributed by atoms with Gasteiger partial charge in [0.2, 0.25) is 0 Å². The van der Waals surface area contributed by atoms with Gasteiger partial charge >= 0.3 is 0 Å². The molecule has 0 aliphatic heterocycles. The van der Waals surface area contributed by atoms with E-state index in [1.807, 2.05) is 39.1 Å². The van der Waals surface area contributed by atoms with Gasteiger partial charge in [0.05, 0.1) is 27.3 Å². The maximum absolute atomic E-state index is 12.2. The fourth-order valence-corrected chi connectivity index (χ4v) is 2.31. The quantitative estimate of drug-likeness (QED) is 0.736. The van der Waals surface area contributed by atoms with E-state index in [1.54, 1.807) is 21.1 Å². The Balaban J connectivity index is 2.68. The molecule has 2 atom stereocenters. The third-order valence-corrected chi connectivity index (χ3v) is 4.20. The molecule has 1 unspecified atom stereocenters. The maximum Gasteiger partial charge on any atom is 0.276 e. The van der Waals surface area contributed by atoms with Crippen LogP contribution < -0.4 is 19.7 Å². The molecule has 2 N–H and O–H groups in total. The molecule has 0 radical (unpaired) electrons. The van der Waals surface area contributed by atoms with Crippen LogP contribution in [0.4, 0.5) is 0 Å². The van der Waals surface area contributed by atoms with Crippen molar-refractivity contribution in [2.24, 2.45) is 5.92 Å². The van der Waals surface area contributed by atoms with E-state index in [0.717, 1.165) is 10.5 Å². The lowest BCUT2D eigenvalue weighted by atomic mass is 9.90. The van der Waals surface area contributed by atoms with Crippen LogP contribution >= 0.6 is 0 Å². The average Bonchev–Trinajstić information content (AvgIpc) is 2.53. The number of nitrogens with zero attached hydrogens (tertiary/aromatic N) is 1. The van der Waals surface area contributed by atoms with Gasteiger partial charge < -0.3 is 19.7 Å². The van der Waals surface area contributed by atoms with Crippen LogP contribution in [0.5, 0.6) is 11.5 Å². The highest BCUT2D eigenvalue weighted by atomic mass is 16.5. The molecular formula is C18H28N3O3+. The predicted molar refractivity (Wildman–Crippen MR) is 92.0 cm³/mol. The summed E-state index contributed by atoms with van der Waals surface area (Å²) in [5.74, 6) is 1.26. The second-order valence-electron chi connectivity index (χ2n) is 6.52. The Labute approximate surface area is 144 Å². The molecule has 0 aliphatic carbocycles. The number of hydrogen-bond acceptors (Lipinski definition) is 4. The summed E-state index contributed by atoms with van der Waals surface area (Å²) in [4.78, 5) is 13.2. The van der Waals surface area contributed by atoms with Gasteiger partial charge in [-0.05, 0) is 31.0 Å². The van der Waals surface area contributed by atoms with Gasteiger partial charge in [0.15, 0.2) is 18.0 Å². The summed E-state index contributed by atoms with van der Waals surface area (Å²) in [6.07, 6.45) is 0. The van der Waals surface area contributed by atoms with Crippen molar-refractivity contribution >= 4 is 5.91 Å². The second kappa shape index (κ2) is 8.55. The standard InChI is InChI=1S/C18H27N3O3/c1-13(2)18(3,12-19)20-17(22)11-21(4)10-14-7-8-15(23-5)16(9-14)24-6/h7-9,13H,10-11H2,1-6H3,(H,20,22)/p+1/t18-/m0/s1. The Hall–Kier alpha value is -2.26. The summed E-state index contributed by atoms with van der Waals surface area (Å²) in [6.45, 7) is 6.55. The Morgan fingerprint density at radius 1 is 1.33 bits per heavy atom. The number of methoxy groups -OCH3 is 2. The van der Waals surface area contributed by atoms with E-state index in [2.05, 4.69) is 11.4 Å². The normalized spacial score (nSPS) is 14.4. The predicted octanol–water partition coefficient (Wildman–Crippen LogP) is 0.773. The zero-order valence-electron chi connectivity index (χ0n) is 15.4. The summed E-state index contributed by atoms with van der Waals surface area (Å²) < 4.78 is 10.5. The molecule has 1 aromatic carbocycles. The molecule has 0 saturated carbocycles. The number of nitrogens with one attached hydrogen (secondary N) is 2. The lowest BCUT2D eigenvalue weighted by Gasteiger charge is -2.27. The zero-order valence-corrected chi connectivity index (χ0v) is 15.4. The molecule has 0 fully saturated rings. The van der Waals surface area contributed by atoms with Crippen molar-refractivity contribution in [3.05, 3.63) is 23.8 Å². The first-order valence-electron chi connectivity index (χ1n) is 8.00. The minimum absolute atomic E-state index is 0.0394. The van der Waals surface area contributed by atoms with E-state index in [9.17, 15) is 10.1 Å². The highest BCUT2D eigenvalue weighted by Crippen LogP contribution is 2.27. The van der Waals surface area contributed by atoms with Gasteiger partial charge in [-0.25, -0.2) is 0 Å². The van der Waals surface area contributed by atoms with Gasteiger partial charge in [-0.1, -0.05) is 13.8 Å². The molecule has 24 heavy (non-hydrogen) atoms. The minimum Gasteiger partial charge on any atom is -0.493 e. The first-order valence-corrected chi connectivity index (χ1v) is 8.00. The summed E-state index contributed by atoms with van der Waals surface area (Å²) >= 11 is 0. The van der Waals surface area contributed by atoms with Crippen molar-refractivity contribution in [3.63, 3.8) is 0 Å². The number of nitriles is 1. The highest BCUT2D eigenvalue weighted by Gasteiger charge is 2.30. The second-order valence-corrected chi connectivity index (χ2v) is 6.52. The van der Waals surface area contributed by atoms with Crippen LogP contribution in [0.1, 0.15) is 26.3 Å². The summed E-state index contributed by atoms with van der Waals surface area (Å²) in [5, 5.41) is 12.1. The van der Waals surface area contributed by atoms with E-state index in [1.165, 1.54) is 0 Å². The topological polar surface area (TPSA) is 75.8 Å². The largest absolute Gasteiger partial charge is 0.493 e. The number of amides is 1. The molecule has 1 rings (SSSR count). The number of ether oxygens (including phenoxy) is 2. The van der Waals surface area contributed by atoms with Gasteiger partial charge in [0.1, 0.15) is 12.1 Å². The van der Waals surface area contributed by atoms with E-state index in [0.29, 0.717) is 24.6 Å². The summed E-state index contributed by atoms with van der Waals surface area (Å²) in [7, 11) is 5.13. The molecule has 0 aromatic heterocycles. The van der Waals surface area contributed by atoms with Crippen LogP contribution in [0.15, 0.2) is 18.2 Å². The molecule has 0 spiro atoms. The lowest BCUT2D eigenvalue weighted by molar-refractivity contribution is -0.885. The molecule has 0 bridgehead atoms. The average molecular weight is 334 g/mol. The number of hydrogen-bond donors (Lipinski definition) is 2. The van der Waals surface area contributed by atoms with Crippen molar-refractivity contribution in [3.8, 4) is 17.6 Å². The van der Waals surface area contributed by atoms with Crippen LogP contribution in [-0.4, -0.2) is 39.3 Å². The van der Waals surface area contributed by atoms with Crippen LogP contribution in [0.2, 0.25) is 0 Å². The van der Waals surface area contributed by atoms with Crippen molar-refractivity contribution in [2.75, 3.05) is 27.8 Å². The lowest BCUT2D eigenvalue weighted by Crippen LogP contribution is -3.09. The van der Waals surface area contributed by atoms with Crippen molar-refractivity contribution in [1.29, 1.82) is 5.26 Å². The maximum atomic E-state index is 12.2. The summed E-state index contributed by atoms with van der Waals surface area (Å²) in [5.41, 5.74) is 0.200. The van der Waals surface area contributed by atoms with Crippen LogP contribution in [0, 0.1) is 17.2 Å².